The zero-order valence-corrected chi connectivity index (χ0v) is 13.7. The highest BCUT2D eigenvalue weighted by atomic mass is 35.5. The summed E-state index contributed by atoms with van der Waals surface area (Å²) >= 11 is 7.69. The summed E-state index contributed by atoms with van der Waals surface area (Å²) in [6.07, 6.45) is 1.59. The Morgan fingerprint density at radius 1 is 1.55 bits per heavy atom. The van der Waals surface area contributed by atoms with Crippen molar-refractivity contribution in [3.8, 4) is 0 Å². The molecule has 5 nitrogen and oxygen atoms in total. The number of urea groups is 1. The molecule has 2 heterocycles. The fourth-order valence-corrected chi connectivity index (χ4v) is 3.30. The predicted octanol–water partition coefficient (Wildman–Crippen LogP) is 3.71. The molecule has 7 heteroatoms. The minimum absolute atomic E-state index is 0.160. The zero-order chi connectivity index (χ0) is 15.5. The molecule has 1 unspecified atom stereocenters. The van der Waals surface area contributed by atoms with Gasteiger partial charge < -0.3 is 15.0 Å². The summed E-state index contributed by atoms with van der Waals surface area (Å²) in [6, 6.07) is 5.38. The van der Waals surface area contributed by atoms with Crippen molar-refractivity contribution in [2.24, 2.45) is 0 Å². The summed E-state index contributed by atoms with van der Waals surface area (Å²) in [5.74, 6) is 0. The highest BCUT2D eigenvalue weighted by molar-refractivity contribution is 7.09. The van der Waals surface area contributed by atoms with Crippen LogP contribution in [0.25, 0.3) is 0 Å². The van der Waals surface area contributed by atoms with Gasteiger partial charge in [-0.05, 0) is 18.6 Å². The van der Waals surface area contributed by atoms with Gasteiger partial charge in [0.1, 0.15) is 11.1 Å². The Bertz CT molecular complexity index is 643. The van der Waals surface area contributed by atoms with Crippen LogP contribution in [-0.4, -0.2) is 35.6 Å². The number of morpholine rings is 1. The van der Waals surface area contributed by atoms with Crippen molar-refractivity contribution in [1.82, 2.24) is 9.88 Å². The van der Waals surface area contributed by atoms with E-state index in [0.717, 1.165) is 10.6 Å². The van der Waals surface area contributed by atoms with Gasteiger partial charge >= 0.3 is 6.03 Å². The van der Waals surface area contributed by atoms with E-state index in [9.17, 15) is 4.79 Å². The number of carbonyl (C=O) groups is 1. The summed E-state index contributed by atoms with van der Waals surface area (Å²) < 4.78 is 5.70. The van der Waals surface area contributed by atoms with Gasteiger partial charge in [0.2, 0.25) is 0 Å². The van der Waals surface area contributed by atoms with Crippen LogP contribution < -0.4 is 5.32 Å². The number of carbonyl (C=O) groups excluding carboxylic acids is 1. The van der Waals surface area contributed by atoms with E-state index in [1.165, 1.54) is 11.3 Å². The van der Waals surface area contributed by atoms with E-state index in [1.807, 2.05) is 24.4 Å². The molecule has 116 valence electrons. The number of rotatable bonds is 2. The third kappa shape index (κ3) is 3.24. The van der Waals surface area contributed by atoms with E-state index < -0.39 is 0 Å². The number of nitrogens with zero attached hydrogens (tertiary/aromatic N) is 2. The number of para-hydroxylation sites is 1. The molecule has 22 heavy (non-hydrogen) atoms. The molecule has 2 amide bonds. The SMILES string of the molecule is Cc1cccc(Cl)c1NC(=O)N1CCOC(c2nccs2)C1. The number of hydrogen-bond donors (Lipinski definition) is 1. The summed E-state index contributed by atoms with van der Waals surface area (Å²) in [7, 11) is 0. The van der Waals surface area contributed by atoms with Gasteiger partial charge in [-0.2, -0.15) is 0 Å². The van der Waals surface area contributed by atoms with Crippen molar-refractivity contribution in [2.45, 2.75) is 13.0 Å². The first-order chi connectivity index (χ1) is 10.6. The molecular formula is C15H16ClN3O2S. The molecule has 1 aliphatic rings. The van der Waals surface area contributed by atoms with Gasteiger partial charge in [0, 0.05) is 18.1 Å². The molecular weight excluding hydrogens is 322 g/mol. The van der Waals surface area contributed by atoms with Crippen LogP contribution in [0.4, 0.5) is 10.5 Å². The molecule has 0 aliphatic carbocycles. The number of nitrogens with one attached hydrogen (secondary N) is 1. The van der Waals surface area contributed by atoms with E-state index in [-0.39, 0.29) is 12.1 Å². The second-order valence-corrected chi connectivity index (χ2v) is 6.37. The number of amides is 2. The van der Waals surface area contributed by atoms with Crippen molar-refractivity contribution in [3.63, 3.8) is 0 Å². The van der Waals surface area contributed by atoms with E-state index in [0.29, 0.717) is 30.4 Å². The third-order valence-corrected chi connectivity index (χ3v) is 4.72. The number of anilines is 1. The maximum Gasteiger partial charge on any atom is 0.322 e. The Labute approximate surface area is 137 Å². The van der Waals surface area contributed by atoms with Crippen LogP contribution in [0.1, 0.15) is 16.7 Å². The molecule has 0 bridgehead atoms. The van der Waals surface area contributed by atoms with Crippen LogP contribution in [0.2, 0.25) is 5.02 Å². The van der Waals surface area contributed by atoms with Gasteiger partial charge in [-0.3, -0.25) is 0 Å². The molecule has 1 atom stereocenters. The number of thiazole rings is 1. The largest absolute Gasteiger partial charge is 0.367 e. The summed E-state index contributed by atoms with van der Waals surface area (Å²) in [5.41, 5.74) is 1.59. The maximum absolute atomic E-state index is 12.5. The lowest BCUT2D eigenvalue weighted by Gasteiger charge is -2.32. The van der Waals surface area contributed by atoms with Crippen LogP contribution in [0.5, 0.6) is 0 Å². The molecule has 0 saturated carbocycles. The second kappa shape index (κ2) is 6.64. The topological polar surface area (TPSA) is 54.5 Å². The number of aryl methyl sites for hydroxylation is 1. The predicted molar refractivity (Wildman–Crippen MR) is 87.6 cm³/mol. The van der Waals surface area contributed by atoms with Gasteiger partial charge in [0.15, 0.2) is 0 Å². The molecule has 1 aliphatic heterocycles. The lowest BCUT2D eigenvalue weighted by molar-refractivity contribution is -0.0135. The molecule has 3 rings (SSSR count). The van der Waals surface area contributed by atoms with Crippen molar-refractivity contribution < 1.29 is 9.53 Å². The summed E-state index contributed by atoms with van der Waals surface area (Å²) in [4.78, 5) is 18.5. The maximum atomic E-state index is 12.5. The van der Waals surface area contributed by atoms with Crippen molar-refractivity contribution in [2.75, 3.05) is 25.0 Å². The normalized spacial score (nSPS) is 18.3. The Hall–Kier alpha value is -1.63. The lowest BCUT2D eigenvalue weighted by Crippen LogP contribution is -2.44. The fraction of sp³-hybridized carbons (Fsp3) is 0.333. The number of hydrogen-bond acceptors (Lipinski definition) is 4. The Balaban J connectivity index is 1.70. The van der Waals surface area contributed by atoms with Gasteiger partial charge in [-0.25, -0.2) is 9.78 Å². The van der Waals surface area contributed by atoms with Crippen LogP contribution in [-0.2, 0) is 4.74 Å². The van der Waals surface area contributed by atoms with E-state index >= 15 is 0 Å². The van der Waals surface area contributed by atoms with Crippen LogP contribution in [0, 0.1) is 6.92 Å². The highest BCUT2D eigenvalue weighted by Gasteiger charge is 2.27. The van der Waals surface area contributed by atoms with Crippen LogP contribution >= 0.6 is 22.9 Å². The van der Waals surface area contributed by atoms with Crippen LogP contribution in [0.3, 0.4) is 0 Å². The number of benzene rings is 1. The summed E-state index contributed by atoms with van der Waals surface area (Å²) in [6.45, 7) is 3.46. The van der Waals surface area contributed by atoms with Crippen LogP contribution in [0.15, 0.2) is 29.8 Å². The quantitative estimate of drug-likeness (QED) is 0.908. The van der Waals surface area contributed by atoms with Gasteiger partial charge in [-0.1, -0.05) is 23.7 Å². The average Bonchev–Trinajstić information content (AvgIpc) is 3.05. The molecule has 1 fully saturated rings. The van der Waals surface area contributed by atoms with Crippen molar-refractivity contribution in [1.29, 1.82) is 0 Å². The Morgan fingerprint density at radius 2 is 2.41 bits per heavy atom. The highest BCUT2D eigenvalue weighted by Crippen LogP contribution is 2.27. The van der Waals surface area contributed by atoms with Gasteiger partial charge in [0.25, 0.3) is 0 Å². The van der Waals surface area contributed by atoms with E-state index in [4.69, 9.17) is 16.3 Å². The fourth-order valence-electron chi connectivity index (χ4n) is 2.35. The van der Waals surface area contributed by atoms with Crippen molar-refractivity contribution >= 4 is 34.7 Å². The Morgan fingerprint density at radius 3 is 3.14 bits per heavy atom. The molecule has 2 aromatic rings. The standard InChI is InChI=1S/C15H16ClN3O2S/c1-10-3-2-4-11(16)13(10)18-15(20)19-6-7-21-12(9-19)14-17-5-8-22-14/h2-5,8,12H,6-7,9H2,1H3,(H,18,20). The zero-order valence-electron chi connectivity index (χ0n) is 12.1. The number of aromatic nitrogens is 1. The molecule has 0 radical (unpaired) electrons. The monoisotopic (exact) mass is 337 g/mol. The minimum atomic E-state index is -0.166. The van der Waals surface area contributed by atoms with Gasteiger partial charge in [0.05, 0.1) is 23.9 Å². The second-order valence-electron chi connectivity index (χ2n) is 5.04. The molecule has 1 N–H and O–H groups in total. The van der Waals surface area contributed by atoms with E-state index in [1.54, 1.807) is 17.2 Å². The first-order valence-corrected chi connectivity index (χ1v) is 8.23. The number of halogens is 1. The molecule has 1 saturated heterocycles. The first-order valence-electron chi connectivity index (χ1n) is 6.97. The smallest absolute Gasteiger partial charge is 0.322 e. The van der Waals surface area contributed by atoms with Gasteiger partial charge in [-0.15, -0.1) is 11.3 Å². The Kier molecular flexibility index (Phi) is 4.61. The summed E-state index contributed by atoms with van der Waals surface area (Å²) in [5, 5.41) is 6.24. The lowest BCUT2D eigenvalue weighted by atomic mass is 10.2. The van der Waals surface area contributed by atoms with E-state index in [2.05, 4.69) is 10.3 Å². The third-order valence-electron chi connectivity index (χ3n) is 3.53. The molecule has 0 spiro atoms. The van der Waals surface area contributed by atoms with Crippen molar-refractivity contribution in [3.05, 3.63) is 45.4 Å². The average molecular weight is 338 g/mol. The number of ether oxygens (including phenoxy) is 1. The molecule has 1 aromatic heterocycles. The minimum Gasteiger partial charge on any atom is -0.367 e. The molecule has 1 aromatic carbocycles. The first kappa shape index (κ1) is 15.3.